The second-order valence-electron chi connectivity index (χ2n) is 2.82. The SMILES string of the molecule is C=C(CN(C)CC(F)F)[B-](F)(F)F. The lowest BCUT2D eigenvalue weighted by Gasteiger charge is -2.23. The van der Waals surface area contributed by atoms with Gasteiger partial charge in [-0.05, 0) is 13.6 Å². The van der Waals surface area contributed by atoms with Crippen molar-refractivity contribution in [2.75, 3.05) is 20.1 Å². The normalized spacial score (nSPS) is 12.6. The molecule has 0 amide bonds. The number of alkyl halides is 2. The summed E-state index contributed by atoms with van der Waals surface area (Å²) in [5.74, 6) is 0. The third kappa shape index (κ3) is 5.62. The Bertz CT molecular complexity index is 178. The van der Waals surface area contributed by atoms with Crippen LogP contribution in [-0.2, 0) is 0 Å². The van der Waals surface area contributed by atoms with Crippen LogP contribution in [0.25, 0.3) is 0 Å². The molecule has 0 rings (SSSR count). The van der Waals surface area contributed by atoms with Gasteiger partial charge < -0.3 is 12.9 Å². The summed E-state index contributed by atoms with van der Waals surface area (Å²) in [5, 5.41) is 0. The lowest BCUT2D eigenvalue weighted by molar-refractivity contribution is 0.104. The van der Waals surface area contributed by atoms with Crippen LogP contribution in [0.3, 0.4) is 0 Å². The molecule has 0 radical (unpaired) electrons. The van der Waals surface area contributed by atoms with Crippen molar-refractivity contribution in [2.45, 2.75) is 6.43 Å². The van der Waals surface area contributed by atoms with Crippen molar-refractivity contribution in [3.63, 3.8) is 0 Å². The van der Waals surface area contributed by atoms with Crippen LogP contribution in [0.5, 0.6) is 0 Å². The molecule has 0 saturated heterocycles. The molecule has 0 saturated carbocycles. The van der Waals surface area contributed by atoms with Crippen LogP contribution in [0, 0.1) is 0 Å². The Kier molecular flexibility index (Phi) is 4.39. The van der Waals surface area contributed by atoms with Crippen LogP contribution in [0.2, 0.25) is 0 Å². The molecule has 0 fully saturated rings. The molecule has 0 N–H and O–H groups in total. The molecule has 1 nitrogen and oxygen atoms in total. The summed E-state index contributed by atoms with van der Waals surface area (Å²) < 4.78 is 59.1. The first kappa shape index (κ1) is 12.4. The van der Waals surface area contributed by atoms with Gasteiger partial charge in [-0.1, -0.05) is 0 Å². The fourth-order valence-corrected chi connectivity index (χ4v) is 0.750. The third-order valence-corrected chi connectivity index (χ3v) is 1.39. The minimum absolute atomic E-state index is 0.562. The van der Waals surface area contributed by atoms with Crippen molar-refractivity contribution in [1.29, 1.82) is 0 Å². The summed E-state index contributed by atoms with van der Waals surface area (Å²) in [6.45, 7) is -3.56. The second kappa shape index (κ2) is 4.60. The highest BCUT2D eigenvalue weighted by atomic mass is 19.4. The Morgan fingerprint density at radius 1 is 1.38 bits per heavy atom. The first-order valence-corrected chi connectivity index (χ1v) is 3.57. The van der Waals surface area contributed by atoms with E-state index >= 15 is 0 Å². The Hall–Kier alpha value is -0.585. The van der Waals surface area contributed by atoms with Crippen molar-refractivity contribution in [3.05, 3.63) is 12.1 Å². The number of hydrogen-bond donors (Lipinski definition) is 0. The first-order valence-electron chi connectivity index (χ1n) is 3.57. The van der Waals surface area contributed by atoms with Crippen molar-refractivity contribution in [3.8, 4) is 0 Å². The van der Waals surface area contributed by atoms with E-state index in [9.17, 15) is 21.7 Å². The monoisotopic (exact) mass is 202 g/mol. The van der Waals surface area contributed by atoms with E-state index in [0.717, 1.165) is 4.90 Å². The van der Waals surface area contributed by atoms with Crippen LogP contribution in [0.1, 0.15) is 0 Å². The van der Waals surface area contributed by atoms with Gasteiger partial charge >= 0.3 is 6.98 Å². The largest absolute Gasteiger partial charge is 0.506 e. The molecule has 0 aliphatic heterocycles. The molecular formula is C6H10BF5N-. The fraction of sp³-hybridized carbons (Fsp3) is 0.667. The summed E-state index contributed by atoms with van der Waals surface area (Å²) in [7, 11) is 1.19. The minimum Gasteiger partial charge on any atom is -0.445 e. The maximum absolute atomic E-state index is 11.9. The Morgan fingerprint density at radius 3 is 2.15 bits per heavy atom. The maximum atomic E-state index is 11.9. The van der Waals surface area contributed by atoms with Gasteiger partial charge in [0.2, 0.25) is 0 Å². The number of nitrogens with zero attached hydrogens (tertiary/aromatic N) is 1. The molecule has 0 aliphatic carbocycles. The molecule has 0 spiro atoms. The van der Waals surface area contributed by atoms with Gasteiger partial charge in [-0.15, -0.1) is 12.1 Å². The standard InChI is InChI=1S/C6H10BF5N/c1-5(7(10,11)12)3-13(2)4-6(8)9/h6H,1,3-4H2,2H3/q-1. The van der Waals surface area contributed by atoms with E-state index in [2.05, 4.69) is 6.58 Å². The average Bonchev–Trinajstić information content (AvgIpc) is 1.82. The Morgan fingerprint density at radius 2 is 1.85 bits per heavy atom. The van der Waals surface area contributed by atoms with Crippen LogP contribution < -0.4 is 0 Å². The molecular weight excluding hydrogens is 192 g/mol. The average molecular weight is 202 g/mol. The van der Waals surface area contributed by atoms with Crippen molar-refractivity contribution in [1.82, 2.24) is 4.90 Å². The summed E-state index contributed by atoms with van der Waals surface area (Å²) in [5.41, 5.74) is -0.955. The predicted octanol–water partition coefficient (Wildman–Crippen LogP) is 2.13. The molecule has 0 aromatic carbocycles. The zero-order valence-electron chi connectivity index (χ0n) is 7.11. The highest BCUT2D eigenvalue weighted by Crippen LogP contribution is 2.18. The zero-order chi connectivity index (χ0) is 10.6. The highest BCUT2D eigenvalue weighted by molar-refractivity contribution is 6.66. The highest BCUT2D eigenvalue weighted by Gasteiger charge is 2.27. The van der Waals surface area contributed by atoms with E-state index in [0.29, 0.717) is 0 Å². The van der Waals surface area contributed by atoms with Gasteiger partial charge in [-0.2, -0.15) is 0 Å². The van der Waals surface area contributed by atoms with Gasteiger partial charge in [0.05, 0.1) is 6.54 Å². The molecule has 0 bridgehead atoms. The minimum atomic E-state index is -5.11. The molecule has 0 aromatic heterocycles. The zero-order valence-corrected chi connectivity index (χ0v) is 7.11. The number of rotatable bonds is 5. The second-order valence-corrected chi connectivity index (χ2v) is 2.82. The summed E-state index contributed by atoms with van der Waals surface area (Å²) in [4.78, 5) is 0.891. The number of hydrogen-bond acceptors (Lipinski definition) is 1. The number of halogens is 5. The van der Waals surface area contributed by atoms with Gasteiger partial charge in [0.1, 0.15) is 0 Å². The van der Waals surface area contributed by atoms with E-state index in [1.54, 1.807) is 0 Å². The summed E-state index contributed by atoms with van der Waals surface area (Å²) in [6, 6.07) is 0. The Balaban J connectivity index is 3.93. The molecule has 13 heavy (non-hydrogen) atoms. The molecule has 0 heterocycles. The number of likely N-dealkylation sites (N-methyl/N-ethyl adjacent to an activating group) is 1. The van der Waals surface area contributed by atoms with Crippen molar-refractivity contribution >= 4 is 6.98 Å². The van der Waals surface area contributed by atoms with Gasteiger partial charge in [0.25, 0.3) is 6.43 Å². The molecule has 78 valence electrons. The van der Waals surface area contributed by atoms with Crippen LogP contribution in [0.4, 0.5) is 21.7 Å². The molecule has 0 aliphatic rings. The maximum Gasteiger partial charge on any atom is 0.506 e. The fourth-order valence-electron chi connectivity index (χ4n) is 0.750. The van der Waals surface area contributed by atoms with E-state index in [1.807, 2.05) is 0 Å². The molecule has 0 unspecified atom stereocenters. The lowest BCUT2D eigenvalue weighted by atomic mass is 9.80. The topological polar surface area (TPSA) is 3.24 Å². The molecule has 0 aromatic rings. The molecule has 0 atom stereocenters. The first-order chi connectivity index (χ1) is 5.73. The summed E-state index contributed by atoms with van der Waals surface area (Å²) in [6.07, 6.45) is -2.63. The smallest absolute Gasteiger partial charge is 0.445 e. The van der Waals surface area contributed by atoms with E-state index in [-0.39, 0.29) is 0 Å². The quantitative estimate of drug-likeness (QED) is 0.487. The predicted molar refractivity (Wildman–Crippen MR) is 41.7 cm³/mol. The van der Waals surface area contributed by atoms with Gasteiger partial charge in [-0.25, -0.2) is 8.78 Å². The van der Waals surface area contributed by atoms with Crippen LogP contribution >= 0.6 is 0 Å². The van der Waals surface area contributed by atoms with Gasteiger partial charge in [-0.3, -0.25) is 4.90 Å². The van der Waals surface area contributed by atoms with Crippen LogP contribution in [0.15, 0.2) is 12.1 Å². The van der Waals surface area contributed by atoms with Gasteiger partial charge in [0, 0.05) is 0 Å². The lowest BCUT2D eigenvalue weighted by Crippen LogP contribution is -2.32. The Labute approximate surface area is 73.3 Å². The van der Waals surface area contributed by atoms with E-state index < -0.39 is 32.0 Å². The van der Waals surface area contributed by atoms with E-state index in [4.69, 9.17) is 0 Å². The third-order valence-electron chi connectivity index (χ3n) is 1.39. The van der Waals surface area contributed by atoms with Gasteiger partial charge in [0.15, 0.2) is 0 Å². The van der Waals surface area contributed by atoms with E-state index in [1.165, 1.54) is 7.05 Å². The van der Waals surface area contributed by atoms with Crippen molar-refractivity contribution in [2.24, 2.45) is 0 Å². The van der Waals surface area contributed by atoms with Crippen molar-refractivity contribution < 1.29 is 21.7 Å². The molecule has 7 heteroatoms. The van der Waals surface area contributed by atoms with Crippen LogP contribution in [-0.4, -0.2) is 38.4 Å². The summed E-state index contributed by atoms with van der Waals surface area (Å²) >= 11 is 0.